The Balaban J connectivity index is 1.63. The molecule has 1 N–H and O–H groups in total. The number of rotatable bonds is 12. The smallest absolute Gasteiger partial charge is 0.222 e. The van der Waals surface area contributed by atoms with E-state index in [9.17, 15) is 5.11 Å². The van der Waals surface area contributed by atoms with Gasteiger partial charge in [0.1, 0.15) is 18.1 Å². The van der Waals surface area contributed by atoms with E-state index < -0.39 is 6.10 Å². The molecule has 0 amide bonds. The van der Waals surface area contributed by atoms with Gasteiger partial charge in [-0.15, -0.1) is 6.42 Å². The number of ether oxygens (including phenoxy) is 2. The molecule has 0 aliphatic heterocycles. The molecule has 0 unspecified atom stereocenters. The average Bonchev–Trinajstić information content (AvgIpc) is 3.60. The Hall–Kier alpha value is -2.82. The first-order chi connectivity index (χ1) is 16.5. The molecule has 1 saturated carbocycles. The van der Waals surface area contributed by atoms with Gasteiger partial charge >= 0.3 is 0 Å². The number of aromatic nitrogens is 2. The number of halogens is 1. The summed E-state index contributed by atoms with van der Waals surface area (Å²) in [5.41, 5.74) is 2.86. The molecule has 0 bridgehead atoms. The summed E-state index contributed by atoms with van der Waals surface area (Å²) >= 11 is 6.05. The first-order valence-corrected chi connectivity index (χ1v) is 11.9. The lowest BCUT2D eigenvalue weighted by atomic mass is 10.1. The predicted octanol–water partition coefficient (Wildman–Crippen LogP) is 4.76. The van der Waals surface area contributed by atoms with Gasteiger partial charge in [0.2, 0.25) is 5.88 Å². The SMILES string of the molecule is C#CCOC[C@@H](O)CN(Cc1c(-c2ccccc2)nn(C)c1Oc1ccc(Cl)cc1)CC1CC1. The Morgan fingerprint density at radius 2 is 1.94 bits per heavy atom. The Morgan fingerprint density at radius 3 is 2.62 bits per heavy atom. The van der Waals surface area contributed by atoms with Crippen LogP contribution in [0.3, 0.4) is 0 Å². The second-order valence-corrected chi connectivity index (χ2v) is 9.12. The molecule has 178 valence electrons. The minimum Gasteiger partial charge on any atom is -0.439 e. The minimum atomic E-state index is -0.635. The summed E-state index contributed by atoms with van der Waals surface area (Å²) in [6, 6.07) is 17.4. The van der Waals surface area contributed by atoms with Gasteiger partial charge in [0, 0.05) is 37.3 Å². The van der Waals surface area contributed by atoms with Crippen LogP contribution in [0.25, 0.3) is 11.3 Å². The molecule has 1 heterocycles. The molecule has 2 aromatic carbocycles. The molecule has 1 aliphatic carbocycles. The van der Waals surface area contributed by atoms with Crippen LogP contribution in [0, 0.1) is 18.3 Å². The van der Waals surface area contributed by atoms with Crippen LogP contribution in [-0.2, 0) is 18.3 Å². The second-order valence-electron chi connectivity index (χ2n) is 8.69. The maximum absolute atomic E-state index is 10.6. The predicted molar refractivity (Wildman–Crippen MR) is 134 cm³/mol. The van der Waals surface area contributed by atoms with Crippen molar-refractivity contribution in [3.8, 4) is 35.2 Å². The van der Waals surface area contributed by atoms with E-state index in [0.717, 1.165) is 23.4 Å². The lowest BCUT2D eigenvalue weighted by molar-refractivity contribution is 0.0250. The lowest BCUT2D eigenvalue weighted by Crippen LogP contribution is -2.36. The highest BCUT2D eigenvalue weighted by atomic mass is 35.5. The molecule has 6 nitrogen and oxygen atoms in total. The average molecular weight is 480 g/mol. The number of nitrogens with zero attached hydrogens (tertiary/aromatic N) is 3. The molecule has 0 radical (unpaired) electrons. The van der Waals surface area contributed by atoms with Gasteiger partial charge in [-0.2, -0.15) is 5.10 Å². The van der Waals surface area contributed by atoms with Gasteiger partial charge in [0.25, 0.3) is 0 Å². The highest BCUT2D eigenvalue weighted by Crippen LogP contribution is 2.36. The summed E-state index contributed by atoms with van der Waals surface area (Å²) in [6.45, 7) is 2.36. The molecule has 4 rings (SSSR count). The van der Waals surface area contributed by atoms with Crippen molar-refractivity contribution < 1.29 is 14.6 Å². The number of terminal acetylenes is 1. The third-order valence-electron chi connectivity index (χ3n) is 5.72. The molecule has 1 aromatic heterocycles. The van der Waals surface area contributed by atoms with Crippen molar-refractivity contribution in [2.75, 3.05) is 26.3 Å². The largest absolute Gasteiger partial charge is 0.439 e. The topological polar surface area (TPSA) is 59.8 Å². The van der Waals surface area contributed by atoms with E-state index in [1.165, 1.54) is 12.8 Å². The van der Waals surface area contributed by atoms with Gasteiger partial charge in [-0.3, -0.25) is 4.90 Å². The fourth-order valence-corrected chi connectivity index (χ4v) is 4.09. The van der Waals surface area contributed by atoms with Gasteiger partial charge in [-0.05, 0) is 43.0 Å². The van der Waals surface area contributed by atoms with Crippen molar-refractivity contribution in [1.82, 2.24) is 14.7 Å². The third kappa shape index (κ3) is 6.62. The molecular formula is C27H30ClN3O3. The third-order valence-corrected chi connectivity index (χ3v) is 5.97. The van der Waals surface area contributed by atoms with Crippen molar-refractivity contribution in [2.45, 2.75) is 25.5 Å². The van der Waals surface area contributed by atoms with Crippen molar-refractivity contribution in [3.63, 3.8) is 0 Å². The fourth-order valence-electron chi connectivity index (χ4n) is 3.96. The Bertz CT molecular complexity index is 1100. The number of hydrogen-bond acceptors (Lipinski definition) is 5. The molecule has 0 saturated heterocycles. The van der Waals surface area contributed by atoms with Crippen LogP contribution in [0.15, 0.2) is 54.6 Å². The summed E-state index contributed by atoms with van der Waals surface area (Å²) in [5, 5.41) is 16.0. The van der Waals surface area contributed by atoms with Gasteiger partial charge in [0.05, 0.1) is 18.3 Å². The second kappa shape index (κ2) is 11.5. The van der Waals surface area contributed by atoms with E-state index >= 15 is 0 Å². The summed E-state index contributed by atoms with van der Waals surface area (Å²) in [7, 11) is 1.88. The van der Waals surface area contributed by atoms with E-state index in [0.29, 0.717) is 35.7 Å². The minimum absolute atomic E-state index is 0.194. The normalized spacial score (nSPS) is 14.2. The first kappa shape index (κ1) is 24.3. The molecule has 1 atom stereocenters. The zero-order valence-electron chi connectivity index (χ0n) is 19.4. The van der Waals surface area contributed by atoms with Gasteiger partial charge in [-0.1, -0.05) is 47.9 Å². The van der Waals surface area contributed by atoms with Crippen LogP contribution in [0.2, 0.25) is 5.02 Å². The maximum atomic E-state index is 10.6. The molecular weight excluding hydrogens is 450 g/mol. The molecule has 1 aliphatic rings. The molecule has 34 heavy (non-hydrogen) atoms. The Morgan fingerprint density at radius 1 is 1.21 bits per heavy atom. The van der Waals surface area contributed by atoms with E-state index in [1.807, 2.05) is 49.5 Å². The van der Waals surface area contributed by atoms with Crippen LogP contribution in [-0.4, -0.2) is 52.2 Å². The van der Waals surface area contributed by atoms with Crippen LogP contribution < -0.4 is 4.74 Å². The van der Waals surface area contributed by atoms with Crippen molar-refractivity contribution in [1.29, 1.82) is 0 Å². The van der Waals surface area contributed by atoms with Gasteiger partial charge in [-0.25, -0.2) is 4.68 Å². The van der Waals surface area contributed by atoms with Crippen molar-refractivity contribution in [2.24, 2.45) is 13.0 Å². The fraction of sp³-hybridized carbons (Fsp3) is 0.370. The maximum Gasteiger partial charge on any atom is 0.222 e. The van der Waals surface area contributed by atoms with E-state index in [1.54, 1.807) is 16.8 Å². The Labute approximate surface area is 206 Å². The first-order valence-electron chi connectivity index (χ1n) is 11.5. The highest BCUT2D eigenvalue weighted by molar-refractivity contribution is 6.30. The summed E-state index contributed by atoms with van der Waals surface area (Å²) in [4.78, 5) is 2.26. The molecule has 0 spiro atoms. The zero-order chi connectivity index (χ0) is 23.9. The van der Waals surface area contributed by atoms with Gasteiger partial charge in [0.15, 0.2) is 0 Å². The monoisotopic (exact) mass is 479 g/mol. The van der Waals surface area contributed by atoms with Crippen LogP contribution in [0.1, 0.15) is 18.4 Å². The van der Waals surface area contributed by atoms with E-state index in [-0.39, 0.29) is 13.2 Å². The number of aliphatic hydroxyl groups excluding tert-OH is 1. The molecule has 3 aromatic rings. The zero-order valence-corrected chi connectivity index (χ0v) is 20.1. The highest BCUT2D eigenvalue weighted by Gasteiger charge is 2.28. The quantitative estimate of drug-likeness (QED) is 0.300. The van der Waals surface area contributed by atoms with Crippen molar-refractivity contribution in [3.05, 3.63) is 65.2 Å². The van der Waals surface area contributed by atoms with E-state index in [2.05, 4.69) is 10.8 Å². The Kier molecular flexibility index (Phi) is 8.25. The number of hydrogen-bond donors (Lipinski definition) is 1. The summed E-state index contributed by atoms with van der Waals surface area (Å²) in [6.07, 6.45) is 7.05. The van der Waals surface area contributed by atoms with Crippen LogP contribution >= 0.6 is 11.6 Å². The number of aryl methyl sites for hydroxylation is 1. The number of aliphatic hydroxyl groups is 1. The van der Waals surface area contributed by atoms with Crippen LogP contribution in [0.5, 0.6) is 11.6 Å². The lowest BCUT2D eigenvalue weighted by Gasteiger charge is -2.25. The van der Waals surface area contributed by atoms with E-state index in [4.69, 9.17) is 32.6 Å². The summed E-state index contributed by atoms with van der Waals surface area (Å²) in [5.74, 6) is 4.44. The molecule has 7 heteroatoms. The molecule has 1 fully saturated rings. The van der Waals surface area contributed by atoms with Gasteiger partial charge < -0.3 is 14.6 Å². The standard InChI is InChI=1S/C27H30ClN3O3/c1-3-15-33-19-23(32)17-31(16-20-9-10-20)18-25-26(21-7-5-4-6-8-21)29-30(2)27(25)34-24-13-11-22(28)12-14-24/h1,4-8,11-14,20,23,32H,9-10,15-19H2,2H3/t23-/m0/s1. The number of benzene rings is 2. The summed E-state index contributed by atoms with van der Waals surface area (Å²) < 4.78 is 13.4. The van der Waals surface area contributed by atoms with Crippen LogP contribution in [0.4, 0.5) is 0 Å². The van der Waals surface area contributed by atoms with Crippen molar-refractivity contribution >= 4 is 11.6 Å².